The van der Waals surface area contributed by atoms with Crippen LogP contribution in [0.4, 0.5) is 0 Å². The van der Waals surface area contributed by atoms with Crippen LogP contribution in [0.1, 0.15) is 18.4 Å². The lowest BCUT2D eigenvalue weighted by atomic mass is 10.2. The summed E-state index contributed by atoms with van der Waals surface area (Å²) in [7, 11) is 1.59. The second-order valence-corrected chi connectivity index (χ2v) is 5.24. The third kappa shape index (κ3) is 5.57. The summed E-state index contributed by atoms with van der Waals surface area (Å²) in [4.78, 5) is 11.6. The molecule has 112 valence electrons. The van der Waals surface area contributed by atoms with Crippen LogP contribution in [0.15, 0.2) is 18.2 Å². The summed E-state index contributed by atoms with van der Waals surface area (Å²) in [6.45, 7) is 1.76. The predicted octanol–water partition coefficient (Wildman–Crippen LogP) is 2.39. The number of halogens is 2. The Morgan fingerprint density at radius 1 is 1.45 bits per heavy atom. The fourth-order valence-electron chi connectivity index (χ4n) is 1.83. The van der Waals surface area contributed by atoms with Gasteiger partial charge in [-0.25, -0.2) is 0 Å². The first-order chi connectivity index (χ1) is 9.19. The van der Waals surface area contributed by atoms with Gasteiger partial charge in [0.05, 0.1) is 13.7 Å². The predicted molar refractivity (Wildman–Crippen MR) is 82.7 cm³/mol. The molecular formula is C14H20Cl2N2O2. The van der Waals surface area contributed by atoms with E-state index in [4.69, 9.17) is 16.3 Å². The molecule has 0 saturated heterocycles. The molecule has 1 aliphatic carbocycles. The highest BCUT2D eigenvalue weighted by atomic mass is 35.5. The molecule has 0 radical (unpaired) electrons. The van der Waals surface area contributed by atoms with Crippen LogP contribution in [-0.2, 0) is 11.3 Å². The van der Waals surface area contributed by atoms with E-state index in [9.17, 15) is 4.79 Å². The Kier molecular flexibility index (Phi) is 7.13. The SMILES string of the molecule is COc1cc(Cl)ccc1CNC(=O)CNCC1CC1.Cl. The van der Waals surface area contributed by atoms with E-state index < -0.39 is 0 Å². The number of hydrogen-bond acceptors (Lipinski definition) is 3. The van der Waals surface area contributed by atoms with Crippen molar-refractivity contribution in [2.75, 3.05) is 20.2 Å². The molecule has 1 aromatic carbocycles. The van der Waals surface area contributed by atoms with Crippen molar-refractivity contribution >= 4 is 29.9 Å². The van der Waals surface area contributed by atoms with Gasteiger partial charge in [0.15, 0.2) is 0 Å². The van der Waals surface area contributed by atoms with Crippen molar-refractivity contribution in [3.63, 3.8) is 0 Å². The number of benzene rings is 1. The molecule has 1 amide bonds. The second kappa shape index (κ2) is 8.35. The number of hydrogen-bond donors (Lipinski definition) is 2. The Labute approximate surface area is 130 Å². The average molecular weight is 319 g/mol. The van der Waals surface area contributed by atoms with E-state index in [0.29, 0.717) is 23.9 Å². The number of nitrogens with one attached hydrogen (secondary N) is 2. The van der Waals surface area contributed by atoms with E-state index in [1.165, 1.54) is 12.8 Å². The maximum absolute atomic E-state index is 11.6. The molecule has 0 aromatic heterocycles. The van der Waals surface area contributed by atoms with Crippen LogP contribution in [0.25, 0.3) is 0 Å². The normalized spacial score (nSPS) is 13.5. The average Bonchev–Trinajstić information content (AvgIpc) is 3.21. The molecule has 1 aliphatic rings. The number of ether oxygens (including phenoxy) is 1. The molecule has 2 N–H and O–H groups in total. The lowest BCUT2D eigenvalue weighted by Crippen LogP contribution is -2.34. The van der Waals surface area contributed by atoms with Crippen LogP contribution in [-0.4, -0.2) is 26.1 Å². The summed E-state index contributed by atoms with van der Waals surface area (Å²) in [5.74, 6) is 1.47. The van der Waals surface area contributed by atoms with Crippen LogP contribution < -0.4 is 15.4 Å². The molecule has 2 rings (SSSR count). The van der Waals surface area contributed by atoms with Crippen molar-refractivity contribution in [2.45, 2.75) is 19.4 Å². The standard InChI is InChI=1S/C14H19ClN2O2.ClH/c1-19-13-6-12(15)5-4-11(13)8-17-14(18)9-16-7-10-2-3-10;/h4-6,10,16H,2-3,7-9H2,1H3,(H,17,18);1H. The monoisotopic (exact) mass is 318 g/mol. The zero-order valence-electron chi connectivity index (χ0n) is 11.4. The zero-order chi connectivity index (χ0) is 13.7. The van der Waals surface area contributed by atoms with E-state index in [1.807, 2.05) is 6.07 Å². The van der Waals surface area contributed by atoms with Crippen LogP contribution in [0.3, 0.4) is 0 Å². The molecule has 0 bridgehead atoms. The molecule has 0 atom stereocenters. The zero-order valence-corrected chi connectivity index (χ0v) is 13.0. The molecule has 6 heteroatoms. The van der Waals surface area contributed by atoms with Crippen LogP contribution in [0.2, 0.25) is 5.02 Å². The fourth-order valence-corrected chi connectivity index (χ4v) is 1.99. The maximum Gasteiger partial charge on any atom is 0.234 e. The van der Waals surface area contributed by atoms with Gasteiger partial charge in [0.25, 0.3) is 0 Å². The largest absolute Gasteiger partial charge is 0.496 e. The first kappa shape index (κ1) is 17.1. The summed E-state index contributed by atoms with van der Waals surface area (Å²) in [6.07, 6.45) is 2.58. The van der Waals surface area contributed by atoms with Gasteiger partial charge in [-0.1, -0.05) is 17.7 Å². The van der Waals surface area contributed by atoms with E-state index >= 15 is 0 Å². The maximum atomic E-state index is 11.6. The molecule has 1 saturated carbocycles. The van der Waals surface area contributed by atoms with Crippen molar-refractivity contribution in [3.8, 4) is 5.75 Å². The van der Waals surface area contributed by atoms with Gasteiger partial charge in [-0.05, 0) is 37.4 Å². The van der Waals surface area contributed by atoms with Gasteiger partial charge in [-0.15, -0.1) is 12.4 Å². The van der Waals surface area contributed by atoms with Crippen molar-refractivity contribution < 1.29 is 9.53 Å². The molecular weight excluding hydrogens is 299 g/mol. The van der Waals surface area contributed by atoms with Gasteiger partial charge in [0.1, 0.15) is 5.75 Å². The third-order valence-electron chi connectivity index (χ3n) is 3.14. The van der Waals surface area contributed by atoms with Crippen molar-refractivity contribution in [1.82, 2.24) is 10.6 Å². The summed E-state index contributed by atoms with van der Waals surface area (Å²) < 4.78 is 5.23. The molecule has 0 heterocycles. The highest BCUT2D eigenvalue weighted by molar-refractivity contribution is 6.30. The van der Waals surface area contributed by atoms with Gasteiger partial charge in [0.2, 0.25) is 5.91 Å². The van der Waals surface area contributed by atoms with Gasteiger partial charge < -0.3 is 15.4 Å². The van der Waals surface area contributed by atoms with Gasteiger partial charge >= 0.3 is 0 Å². The van der Waals surface area contributed by atoms with Gasteiger partial charge in [-0.2, -0.15) is 0 Å². The lowest BCUT2D eigenvalue weighted by Gasteiger charge is -2.10. The highest BCUT2D eigenvalue weighted by Crippen LogP contribution is 2.27. The summed E-state index contributed by atoms with van der Waals surface area (Å²) in [5, 5.41) is 6.64. The first-order valence-electron chi connectivity index (χ1n) is 6.49. The quantitative estimate of drug-likeness (QED) is 0.811. The van der Waals surface area contributed by atoms with Crippen LogP contribution in [0.5, 0.6) is 5.75 Å². The lowest BCUT2D eigenvalue weighted by molar-refractivity contribution is -0.120. The minimum Gasteiger partial charge on any atom is -0.496 e. The Hall–Kier alpha value is -0.970. The Morgan fingerprint density at radius 2 is 2.20 bits per heavy atom. The number of carbonyl (C=O) groups excluding carboxylic acids is 1. The van der Waals surface area contributed by atoms with E-state index in [2.05, 4.69) is 10.6 Å². The van der Waals surface area contributed by atoms with E-state index in [1.54, 1.807) is 19.2 Å². The number of rotatable bonds is 7. The first-order valence-corrected chi connectivity index (χ1v) is 6.86. The van der Waals surface area contributed by atoms with Crippen LogP contribution >= 0.6 is 24.0 Å². The topological polar surface area (TPSA) is 50.4 Å². The Morgan fingerprint density at radius 3 is 2.85 bits per heavy atom. The summed E-state index contributed by atoms with van der Waals surface area (Å²) in [6, 6.07) is 5.39. The van der Waals surface area contributed by atoms with Gasteiger partial charge in [-0.3, -0.25) is 4.79 Å². The van der Waals surface area contributed by atoms with Gasteiger partial charge in [0, 0.05) is 17.1 Å². The molecule has 1 aromatic rings. The second-order valence-electron chi connectivity index (χ2n) is 4.81. The molecule has 4 nitrogen and oxygen atoms in total. The molecule has 0 unspecified atom stereocenters. The Bertz CT molecular complexity index is 451. The Balaban J connectivity index is 0.00000200. The minimum atomic E-state index is -0.00217. The highest BCUT2D eigenvalue weighted by Gasteiger charge is 2.20. The molecule has 0 aliphatic heterocycles. The van der Waals surface area contributed by atoms with E-state index in [-0.39, 0.29) is 18.3 Å². The molecule has 20 heavy (non-hydrogen) atoms. The number of carbonyl (C=O) groups is 1. The minimum absolute atomic E-state index is 0. The third-order valence-corrected chi connectivity index (χ3v) is 3.38. The van der Waals surface area contributed by atoms with Crippen molar-refractivity contribution in [3.05, 3.63) is 28.8 Å². The number of amides is 1. The summed E-state index contributed by atoms with van der Waals surface area (Å²) in [5.41, 5.74) is 0.919. The number of methoxy groups -OCH3 is 1. The summed E-state index contributed by atoms with van der Waals surface area (Å²) >= 11 is 5.89. The fraction of sp³-hybridized carbons (Fsp3) is 0.500. The molecule has 0 spiro atoms. The van der Waals surface area contributed by atoms with E-state index in [0.717, 1.165) is 18.0 Å². The van der Waals surface area contributed by atoms with Crippen LogP contribution in [0, 0.1) is 5.92 Å². The van der Waals surface area contributed by atoms with Crippen molar-refractivity contribution in [1.29, 1.82) is 0 Å². The molecule has 1 fully saturated rings. The van der Waals surface area contributed by atoms with Crippen molar-refractivity contribution in [2.24, 2.45) is 5.92 Å². The smallest absolute Gasteiger partial charge is 0.234 e.